The van der Waals surface area contributed by atoms with Crippen LogP contribution in [0.3, 0.4) is 0 Å². The summed E-state index contributed by atoms with van der Waals surface area (Å²) in [6.45, 7) is -0.444. The lowest BCUT2D eigenvalue weighted by Gasteiger charge is -1.83. The van der Waals surface area contributed by atoms with Gasteiger partial charge in [-0.15, -0.1) is 0 Å². The molecule has 32 valence electrons. The van der Waals surface area contributed by atoms with Gasteiger partial charge in [0.1, 0.15) is 0 Å². The molecule has 0 heterocycles. The fourth-order valence-corrected chi connectivity index (χ4v) is 0. The van der Waals surface area contributed by atoms with Gasteiger partial charge in [-0.1, -0.05) is 0 Å². The third kappa shape index (κ3) is 4.37. The zero-order valence-electron chi connectivity index (χ0n) is 2.49. The Labute approximate surface area is 37.9 Å². The molecule has 0 aliphatic carbocycles. The van der Waals surface area contributed by atoms with E-state index < -0.39 is 11.7 Å². The lowest BCUT2D eigenvalue weighted by atomic mass is 10.8. The van der Waals surface area contributed by atoms with E-state index >= 15 is 0 Å². The van der Waals surface area contributed by atoms with Crippen LogP contribution in [0.2, 0.25) is 0 Å². The SMILES string of the molecule is OC[C@@H](F)Br. The topological polar surface area (TPSA) is 20.2 Å². The number of rotatable bonds is 1. The van der Waals surface area contributed by atoms with Gasteiger partial charge < -0.3 is 5.11 Å². The van der Waals surface area contributed by atoms with Crippen LogP contribution in [0.5, 0.6) is 0 Å². The van der Waals surface area contributed by atoms with E-state index in [-0.39, 0.29) is 0 Å². The molecule has 0 fully saturated rings. The van der Waals surface area contributed by atoms with Crippen molar-refractivity contribution in [2.75, 3.05) is 6.61 Å². The molecule has 0 rings (SSSR count). The summed E-state index contributed by atoms with van der Waals surface area (Å²) in [7, 11) is 0. The molecule has 0 saturated carbocycles. The van der Waals surface area contributed by atoms with E-state index in [1.54, 1.807) is 0 Å². The van der Waals surface area contributed by atoms with Crippen LogP contribution in [0.25, 0.3) is 0 Å². The summed E-state index contributed by atoms with van der Waals surface area (Å²) in [6.07, 6.45) is 0. The standard InChI is InChI=1S/C2H4BrFO/c3-2(4)1-5/h2,5H,1H2/t2-/m1/s1. The number of hydrogen-bond donors (Lipinski definition) is 1. The first-order chi connectivity index (χ1) is 2.27. The Morgan fingerprint density at radius 2 is 2.20 bits per heavy atom. The van der Waals surface area contributed by atoms with Crippen LogP contribution in [0.15, 0.2) is 0 Å². The summed E-state index contributed by atoms with van der Waals surface area (Å²) in [6, 6.07) is 0. The Hall–Kier alpha value is 0.370. The van der Waals surface area contributed by atoms with Gasteiger partial charge >= 0.3 is 0 Å². The molecule has 1 nitrogen and oxygen atoms in total. The van der Waals surface area contributed by atoms with Crippen molar-refractivity contribution in [3.05, 3.63) is 0 Å². The molecule has 0 spiro atoms. The van der Waals surface area contributed by atoms with Crippen molar-refractivity contribution in [3.8, 4) is 0 Å². The Bertz CT molecular complexity index is 23.6. The lowest BCUT2D eigenvalue weighted by molar-refractivity contribution is 0.237. The molecular weight excluding hydrogens is 139 g/mol. The van der Waals surface area contributed by atoms with Gasteiger partial charge in [0, 0.05) is 0 Å². The van der Waals surface area contributed by atoms with Gasteiger partial charge in [0.2, 0.25) is 0 Å². The molecule has 0 aliphatic rings. The van der Waals surface area contributed by atoms with Crippen molar-refractivity contribution in [1.29, 1.82) is 0 Å². The molecule has 0 bridgehead atoms. The molecule has 0 radical (unpaired) electrons. The van der Waals surface area contributed by atoms with Gasteiger partial charge in [0.05, 0.1) is 6.61 Å². The zero-order chi connectivity index (χ0) is 4.28. The molecule has 0 amide bonds. The highest BCUT2D eigenvalue weighted by atomic mass is 79.9. The monoisotopic (exact) mass is 142 g/mol. The highest BCUT2D eigenvalue weighted by molar-refractivity contribution is 9.09. The second-order valence-electron chi connectivity index (χ2n) is 0.574. The van der Waals surface area contributed by atoms with Gasteiger partial charge in [0.15, 0.2) is 5.08 Å². The number of aliphatic hydroxyl groups is 1. The first kappa shape index (κ1) is 5.37. The van der Waals surface area contributed by atoms with Crippen molar-refractivity contribution >= 4 is 15.9 Å². The fraction of sp³-hybridized carbons (Fsp3) is 1.00. The lowest BCUT2D eigenvalue weighted by Crippen LogP contribution is -1.91. The third-order valence-corrected chi connectivity index (χ3v) is 0.428. The minimum atomic E-state index is -1.25. The van der Waals surface area contributed by atoms with Crippen LogP contribution in [0.4, 0.5) is 4.39 Å². The summed E-state index contributed by atoms with van der Waals surface area (Å²) in [5.41, 5.74) is 0. The van der Waals surface area contributed by atoms with Crippen molar-refractivity contribution in [1.82, 2.24) is 0 Å². The van der Waals surface area contributed by atoms with Gasteiger partial charge in [-0.05, 0) is 15.9 Å². The van der Waals surface area contributed by atoms with Crippen molar-refractivity contribution in [2.45, 2.75) is 5.08 Å². The normalized spacial score (nSPS) is 15.0. The van der Waals surface area contributed by atoms with Crippen LogP contribution in [0.1, 0.15) is 0 Å². The highest BCUT2D eigenvalue weighted by Gasteiger charge is 1.89. The van der Waals surface area contributed by atoms with Crippen LogP contribution >= 0.6 is 15.9 Å². The van der Waals surface area contributed by atoms with Crippen LogP contribution in [-0.4, -0.2) is 16.8 Å². The molecule has 5 heavy (non-hydrogen) atoms. The minimum Gasteiger partial charge on any atom is -0.392 e. The first-order valence-electron chi connectivity index (χ1n) is 1.16. The van der Waals surface area contributed by atoms with E-state index in [2.05, 4.69) is 15.9 Å². The number of halogens is 2. The average Bonchev–Trinajstić information content (AvgIpc) is 1.38. The van der Waals surface area contributed by atoms with Crippen LogP contribution in [0, 0.1) is 0 Å². The van der Waals surface area contributed by atoms with E-state index in [1.807, 2.05) is 0 Å². The van der Waals surface area contributed by atoms with Gasteiger partial charge in [-0.2, -0.15) is 0 Å². The summed E-state index contributed by atoms with van der Waals surface area (Å²) < 4.78 is 11.1. The zero-order valence-corrected chi connectivity index (χ0v) is 4.07. The van der Waals surface area contributed by atoms with Crippen molar-refractivity contribution < 1.29 is 9.50 Å². The van der Waals surface area contributed by atoms with Crippen LogP contribution < -0.4 is 0 Å². The molecule has 0 aliphatic heterocycles. The number of aliphatic hydroxyl groups excluding tert-OH is 1. The van der Waals surface area contributed by atoms with Gasteiger partial charge in [0.25, 0.3) is 0 Å². The van der Waals surface area contributed by atoms with Crippen molar-refractivity contribution in [2.24, 2.45) is 0 Å². The molecule has 0 saturated heterocycles. The van der Waals surface area contributed by atoms with E-state index in [0.29, 0.717) is 0 Å². The summed E-state index contributed by atoms with van der Waals surface area (Å²) in [5, 5.41) is 6.47. The first-order valence-corrected chi connectivity index (χ1v) is 2.08. The van der Waals surface area contributed by atoms with Crippen molar-refractivity contribution in [3.63, 3.8) is 0 Å². The Kier molecular flexibility index (Phi) is 2.79. The molecule has 0 aromatic rings. The average molecular weight is 143 g/mol. The molecular formula is C2H4BrFO. The van der Waals surface area contributed by atoms with Gasteiger partial charge in [-0.25, -0.2) is 4.39 Å². The maximum absolute atomic E-state index is 11.1. The number of alkyl halides is 2. The Morgan fingerprint density at radius 3 is 2.20 bits per heavy atom. The maximum Gasteiger partial charge on any atom is 0.177 e. The van der Waals surface area contributed by atoms with E-state index in [0.717, 1.165) is 0 Å². The molecule has 0 aromatic carbocycles. The molecule has 1 atom stereocenters. The van der Waals surface area contributed by atoms with Crippen LogP contribution in [-0.2, 0) is 0 Å². The third-order valence-electron chi connectivity index (χ3n) is 0.138. The molecule has 0 unspecified atom stereocenters. The van der Waals surface area contributed by atoms with E-state index in [1.165, 1.54) is 0 Å². The number of hydrogen-bond acceptors (Lipinski definition) is 1. The predicted octanol–water partition coefficient (Wildman–Crippen LogP) is 0.669. The summed E-state index contributed by atoms with van der Waals surface area (Å²) in [5.74, 6) is 0. The maximum atomic E-state index is 11.1. The second-order valence-corrected chi connectivity index (χ2v) is 1.57. The molecule has 0 aromatic heterocycles. The highest BCUT2D eigenvalue weighted by Crippen LogP contribution is 1.95. The largest absolute Gasteiger partial charge is 0.392 e. The Morgan fingerprint density at radius 1 is 2.00 bits per heavy atom. The second kappa shape index (κ2) is 2.60. The molecule has 1 N–H and O–H groups in total. The van der Waals surface area contributed by atoms with E-state index in [9.17, 15) is 4.39 Å². The Balaban J connectivity index is 2.54. The molecule has 3 heteroatoms. The van der Waals surface area contributed by atoms with E-state index in [4.69, 9.17) is 5.11 Å². The quantitative estimate of drug-likeness (QED) is 0.534. The fourth-order valence-electron chi connectivity index (χ4n) is 0. The van der Waals surface area contributed by atoms with Gasteiger partial charge in [-0.3, -0.25) is 0 Å². The predicted molar refractivity (Wildman–Crippen MR) is 20.9 cm³/mol. The minimum absolute atomic E-state index is 0.444. The summed E-state index contributed by atoms with van der Waals surface area (Å²) in [4.78, 5) is 0. The smallest absolute Gasteiger partial charge is 0.177 e. The summed E-state index contributed by atoms with van der Waals surface area (Å²) >= 11 is 2.46.